The van der Waals surface area contributed by atoms with E-state index in [4.69, 9.17) is 5.73 Å². The molecule has 3 nitrogen and oxygen atoms in total. The number of halogens is 2. The molecule has 0 aliphatic heterocycles. The number of amides is 1. The zero-order valence-electron chi connectivity index (χ0n) is 11.6. The Kier molecular flexibility index (Phi) is 4.63. The molecule has 0 bridgehead atoms. The summed E-state index contributed by atoms with van der Waals surface area (Å²) in [6, 6.07) is 13.6. The largest absolute Gasteiger partial charge is 0.370 e. The van der Waals surface area contributed by atoms with Gasteiger partial charge in [0.05, 0.1) is 0 Å². The second-order valence-corrected chi connectivity index (χ2v) is 5.96. The van der Waals surface area contributed by atoms with Crippen molar-refractivity contribution in [2.45, 2.75) is 18.9 Å². The molecule has 5 heteroatoms. The van der Waals surface area contributed by atoms with E-state index in [1.165, 1.54) is 12.1 Å². The van der Waals surface area contributed by atoms with Gasteiger partial charge in [-0.1, -0.05) is 24.3 Å². The van der Waals surface area contributed by atoms with E-state index in [-0.39, 0.29) is 5.82 Å². The number of hydrogen-bond acceptors (Lipinski definition) is 2. The van der Waals surface area contributed by atoms with Gasteiger partial charge in [0, 0.05) is 16.6 Å². The highest BCUT2D eigenvalue weighted by molar-refractivity contribution is 9.10. The van der Waals surface area contributed by atoms with Crippen molar-refractivity contribution in [1.29, 1.82) is 0 Å². The molecule has 0 radical (unpaired) electrons. The van der Waals surface area contributed by atoms with Crippen molar-refractivity contribution in [3.05, 3.63) is 64.4 Å². The fourth-order valence-electron chi connectivity index (χ4n) is 2.11. The maximum Gasteiger partial charge on any atom is 0.243 e. The fourth-order valence-corrected chi connectivity index (χ4v) is 2.49. The molecule has 0 saturated heterocycles. The molecular formula is C16H16BrFN2O. The Morgan fingerprint density at radius 1 is 1.29 bits per heavy atom. The van der Waals surface area contributed by atoms with Crippen LogP contribution in [-0.2, 0) is 11.2 Å². The first-order chi connectivity index (χ1) is 9.90. The molecule has 1 atom stereocenters. The average Bonchev–Trinajstić information content (AvgIpc) is 2.41. The van der Waals surface area contributed by atoms with Crippen LogP contribution in [0.4, 0.5) is 10.1 Å². The van der Waals surface area contributed by atoms with E-state index >= 15 is 0 Å². The smallest absolute Gasteiger partial charge is 0.243 e. The minimum Gasteiger partial charge on any atom is -0.370 e. The number of carbonyl (C=O) groups is 1. The Bertz CT molecular complexity index is 662. The standard InChI is InChI=1S/C16H16BrFN2O/c1-16(15(19)21,10-11-5-4-6-12(18)9-11)20-14-8-3-2-7-13(14)17/h2-9,20H,10H2,1H3,(H2,19,21). The van der Waals surface area contributed by atoms with Crippen LogP contribution in [0, 0.1) is 5.82 Å². The molecule has 0 fully saturated rings. The number of benzene rings is 2. The monoisotopic (exact) mass is 350 g/mol. The van der Waals surface area contributed by atoms with E-state index in [1.807, 2.05) is 24.3 Å². The lowest BCUT2D eigenvalue weighted by Gasteiger charge is -2.29. The Morgan fingerprint density at radius 2 is 2.00 bits per heavy atom. The number of rotatable bonds is 5. The van der Waals surface area contributed by atoms with E-state index in [9.17, 15) is 9.18 Å². The molecule has 1 unspecified atom stereocenters. The van der Waals surface area contributed by atoms with Crippen molar-refractivity contribution in [1.82, 2.24) is 0 Å². The van der Waals surface area contributed by atoms with Gasteiger partial charge >= 0.3 is 0 Å². The zero-order chi connectivity index (χ0) is 15.5. The normalized spacial score (nSPS) is 13.5. The van der Waals surface area contributed by atoms with Gasteiger partial charge in [-0.25, -0.2) is 4.39 Å². The Hall–Kier alpha value is -1.88. The highest BCUT2D eigenvalue weighted by Crippen LogP contribution is 2.26. The molecular weight excluding hydrogens is 335 g/mol. The molecule has 0 heterocycles. The molecule has 0 aromatic heterocycles. The summed E-state index contributed by atoms with van der Waals surface area (Å²) in [5.41, 5.74) is 5.99. The summed E-state index contributed by atoms with van der Waals surface area (Å²) < 4.78 is 14.1. The Morgan fingerprint density at radius 3 is 2.62 bits per heavy atom. The maximum atomic E-state index is 13.3. The van der Waals surface area contributed by atoms with Crippen LogP contribution in [0.2, 0.25) is 0 Å². The first kappa shape index (κ1) is 15.5. The van der Waals surface area contributed by atoms with E-state index < -0.39 is 11.4 Å². The summed E-state index contributed by atoms with van der Waals surface area (Å²) in [7, 11) is 0. The minimum atomic E-state index is -1.02. The summed E-state index contributed by atoms with van der Waals surface area (Å²) in [4.78, 5) is 11.9. The topological polar surface area (TPSA) is 55.1 Å². The van der Waals surface area contributed by atoms with Crippen LogP contribution in [0.15, 0.2) is 53.0 Å². The summed E-state index contributed by atoms with van der Waals surface area (Å²) in [5, 5.41) is 3.15. The van der Waals surface area contributed by atoms with Gasteiger partial charge in [0.2, 0.25) is 5.91 Å². The van der Waals surface area contributed by atoms with Crippen molar-refractivity contribution in [3.8, 4) is 0 Å². The van der Waals surface area contributed by atoms with E-state index in [2.05, 4.69) is 21.2 Å². The molecule has 2 aromatic rings. The molecule has 2 aromatic carbocycles. The number of primary amides is 1. The minimum absolute atomic E-state index is 0.293. The summed E-state index contributed by atoms with van der Waals surface area (Å²) in [6.07, 6.45) is 0.293. The highest BCUT2D eigenvalue weighted by atomic mass is 79.9. The second-order valence-electron chi connectivity index (χ2n) is 5.11. The predicted molar refractivity (Wildman–Crippen MR) is 85.5 cm³/mol. The molecule has 0 aliphatic carbocycles. The van der Waals surface area contributed by atoms with Crippen LogP contribution in [0.5, 0.6) is 0 Å². The van der Waals surface area contributed by atoms with Crippen LogP contribution in [-0.4, -0.2) is 11.4 Å². The molecule has 0 spiro atoms. The summed E-state index contributed by atoms with van der Waals surface area (Å²) in [6.45, 7) is 1.71. The third-order valence-corrected chi connectivity index (χ3v) is 3.97. The van der Waals surface area contributed by atoms with Gasteiger partial charge in [0.15, 0.2) is 0 Å². The zero-order valence-corrected chi connectivity index (χ0v) is 13.2. The summed E-state index contributed by atoms with van der Waals surface area (Å²) in [5.74, 6) is -0.831. The van der Waals surface area contributed by atoms with Crippen LogP contribution in [0.25, 0.3) is 0 Å². The lowest BCUT2D eigenvalue weighted by atomic mass is 9.91. The van der Waals surface area contributed by atoms with Crippen LogP contribution < -0.4 is 11.1 Å². The van der Waals surface area contributed by atoms with Crippen LogP contribution >= 0.6 is 15.9 Å². The third-order valence-electron chi connectivity index (χ3n) is 3.27. The van der Waals surface area contributed by atoms with Crippen LogP contribution in [0.1, 0.15) is 12.5 Å². The van der Waals surface area contributed by atoms with Gasteiger partial charge in [-0.05, 0) is 52.7 Å². The quantitative estimate of drug-likeness (QED) is 0.867. The van der Waals surface area contributed by atoms with E-state index in [0.717, 1.165) is 10.2 Å². The number of anilines is 1. The molecule has 2 rings (SSSR count). The van der Waals surface area contributed by atoms with E-state index in [1.54, 1.807) is 19.1 Å². The van der Waals surface area contributed by atoms with Gasteiger partial charge in [-0.2, -0.15) is 0 Å². The van der Waals surface area contributed by atoms with Crippen molar-refractivity contribution >= 4 is 27.5 Å². The first-order valence-corrected chi connectivity index (χ1v) is 7.27. The Labute approximate surface area is 131 Å². The SMILES string of the molecule is CC(Cc1cccc(F)c1)(Nc1ccccc1Br)C(N)=O. The molecule has 0 aliphatic rings. The first-order valence-electron chi connectivity index (χ1n) is 6.48. The molecule has 1 amide bonds. The lowest BCUT2D eigenvalue weighted by molar-refractivity contribution is -0.121. The van der Waals surface area contributed by atoms with Gasteiger partial charge in [0.25, 0.3) is 0 Å². The third kappa shape index (κ3) is 3.82. The fraction of sp³-hybridized carbons (Fsp3) is 0.188. The van der Waals surface area contributed by atoms with Crippen LogP contribution in [0.3, 0.4) is 0 Å². The van der Waals surface area contributed by atoms with Gasteiger partial charge in [0.1, 0.15) is 11.4 Å². The van der Waals surface area contributed by atoms with Crippen molar-refractivity contribution in [3.63, 3.8) is 0 Å². The van der Waals surface area contributed by atoms with Crippen molar-refractivity contribution < 1.29 is 9.18 Å². The number of carbonyl (C=O) groups excluding carboxylic acids is 1. The number of nitrogens with one attached hydrogen (secondary N) is 1. The maximum absolute atomic E-state index is 13.3. The van der Waals surface area contributed by atoms with Crippen molar-refractivity contribution in [2.24, 2.45) is 5.73 Å². The molecule has 0 saturated carbocycles. The Balaban J connectivity index is 2.29. The summed E-state index contributed by atoms with van der Waals surface area (Å²) >= 11 is 3.42. The molecule has 110 valence electrons. The average molecular weight is 351 g/mol. The van der Waals surface area contributed by atoms with E-state index in [0.29, 0.717) is 12.0 Å². The number of nitrogens with two attached hydrogens (primary N) is 1. The second kappa shape index (κ2) is 6.26. The lowest BCUT2D eigenvalue weighted by Crippen LogP contribution is -2.49. The predicted octanol–water partition coefficient (Wildman–Crippen LogP) is 3.49. The van der Waals surface area contributed by atoms with Gasteiger partial charge < -0.3 is 11.1 Å². The number of para-hydroxylation sites is 1. The molecule has 21 heavy (non-hydrogen) atoms. The molecule has 3 N–H and O–H groups in total. The highest BCUT2D eigenvalue weighted by Gasteiger charge is 2.31. The van der Waals surface area contributed by atoms with Gasteiger partial charge in [-0.15, -0.1) is 0 Å². The van der Waals surface area contributed by atoms with Gasteiger partial charge in [-0.3, -0.25) is 4.79 Å². The van der Waals surface area contributed by atoms with Crippen molar-refractivity contribution in [2.75, 3.05) is 5.32 Å². The number of hydrogen-bond donors (Lipinski definition) is 2.